The SMILES string of the molecule is CCCCCCCCCOC(=O)OCCCCCCN(CCCCCCCC(=O)OC(CCCCCCCC)CCCCCCCC)CCCNC(=S)NC. The first kappa shape index (κ1) is 53.4. The summed E-state index contributed by atoms with van der Waals surface area (Å²) in [5.74, 6) is 0.0183. The smallest absolute Gasteiger partial charge is 0.462 e. The van der Waals surface area contributed by atoms with Crippen molar-refractivity contribution in [1.82, 2.24) is 15.5 Å². The van der Waals surface area contributed by atoms with Gasteiger partial charge < -0.3 is 29.7 Å². The van der Waals surface area contributed by atoms with E-state index in [9.17, 15) is 9.59 Å². The second-order valence-corrected chi connectivity index (χ2v) is 16.3. The van der Waals surface area contributed by atoms with Gasteiger partial charge in [0.2, 0.25) is 0 Å². The fraction of sp³-hybridized carbons (Fsp3) is 0.935. The molecule has 0 unspecified atom stereocenters. The fourth-order valence-corrected chi connectivity index (χ4v) is 7.18. The van der Waals surface area contributed by atoms with E-state index >= 15 is 0 Å². The lowest BCUT2D eigenvalue weighted by atomic mass is 10.0. The second-order valence-electron chi connectivity index (χ2n) is 15.9. The number of carbonyl (C=O) groups excluding carboxylic acids is 2. The lowest BCUT2D eigenvalue weighted by molar-refractivity contribution is -0.150. The van der Waals surface area contributed by atoms with Crippen LogP contribution in [0.5, 0.6) is 0 Å². The highest BCUT2D eigenvalue weighted by molar-refractivity contribution is 7.80. The number of hydrogen-bond acceptors (Lipinski definition) is 7. The van der Waals surface area contributed by atoms with Gasteiger partial charge >= 0.3 is 12.1 Å². The first-order chi connectivity index (χ1) is 27.0. The second kappa shape index (κ2) is 43.5. The third-order valence-corrected chi connectivity index (χ3v) is 11.0. The first-order valence-electron chi connectivity index (χ1n) is 23.6. The minimum atomic E-state index is -0.519. The Bertz CT molecular complexity index is 832. The van der Waals surface area contributed by atoms with Gasteiger partial charge in [0, 0.05) is 20.0 Å². The molecule has 0 spiro atoms. The van der Waals surface area contributed by atoms with Gasteiger partial charge in [0.1, 0.15) is 6.10 Å². The largest absolute Gasteiger partial charge is 0.508 e. The van der Waals surface area contributed by atoms with Gasteiger partial charge in [0.25, 0.3) is 0 Å². The van der Waals surface area contributed by atoms with Crippen molar-refractivity contribution >= 4 is 29.5 Å². The number of rotatable bonds is 42. The summed E-state index contributed by atoms with van der Waals surface area (Å²) in [6, 6.07) is 0. The third-order valence-electron chi connectivity index (χ3n) is 10.6. The number of nitrogens with zero attached hydrogens (tertiary/aromatic N) is 1. The molecule has 0 aliphatic rings. The van der Waals surface area contributed by atoms with Crippen molar-refractivity contribution in [2.24, 2.45) is 0 Å². The zero-order valence-electron chi connectivity index (χ0n) is 36.8. The van der Waals surface area contributed by atoms with Crippen LogP contribution in [0.4, 0.5) is 4.79 Å². The molecule has 0 aromatic rings. The van der Waals surface area contributed by atoms with Crippen LogP contribution < -0.4 is 10.6 Å². The van der Waals surface area contributed by atoms with Crippen molar-refractivity contribution in [1.29, 1.82) is 0 Å². The molecule has 9 heteroatoms. The number of unbranched alkanes of at least 4 members (excludes halogenated alkanes) is 23. The highest BCUT2D eigenvalue weighted by Gasteiger charge is 2.14. The topological polar surface area (TPSA) is 89.1 Å². The summed E-state index contributed by atoms with van der Waals surface area (Å²) in [5.41, 5.74) is 0. The zero-order chi connectivity index (χ0) is 40.3. The van der Waals surface area contributed by atoms with Crippen LogP contribution in [0, 0.1) is 0 Å². The van der Waals surface area contributed by atoms with Crippen LogP contribution in [0.3, 0.4) is 0 Å². The first-order valence-corrected chi connectivity index (χ1v) is 24.0. The molecule has 326 valence electrons. The number of nitrogens with one attached hydrogen (secondary N) is 2. The van der Waals surface area contributed by atoms with E-state index < -0.39 is 6.16 Å². The van der Waals surface area contributed by atoms with Crippen molar-refractivity contribution in [3.63, 3.8) is 0 Å². The molecule has 55 heavy (non-hydrogen) atoms. The molecule has 0 saturated carbocycles. The van der Waals surface area contributed by atoms with Crippen LogP contribution in [0.2, 0.25) is 0 Å². The van der Waals surface area contributed by atoms with Crippen molar-refractivity contribution in [2.45, 2.75) is 232 Å². The molecule has 0 aliphatic carbocycles. The minimum absolute atomic E-state index is 0.0183. The predicted octanol–water partition coefficient (Wildman–Crippen LogP) is 13.0. The molecule has 0 heterocycles. The summed E-state index contributed by atoms with van der Waals surface area (Å²) in [6.07, 6.45) is 36.8. The maximum atomic E-state index is 12.8. The molecule has 0 aromatic heterocycles. The standard InChI is InChI=1S/C46H91N3O5S/c1-5-8-11-14-17-24-31-41-52-46(51)53-42-32-25-23-30-39-49(40-33-37-48-45(55)47-4)38-29-22-18-21-28-36-44(50)54-43(34-26-19-15-12-9-6-2)35-27-20-16-13-10-7-3/h43H,5-42H2,1-4H3,(H2,47,48,55). The Balaban J connectivity index is 4.29. The molecule has 0 rings (SSSR count). The lowest BCUT2D eigenvalue weighted by Crippen LogP contribution is -2.35. The van der Waals surface area contributed by atoms with Crippen LogP contribution in [0.15, 0.2) is 0 Å². The van der Waals surface area contributed by atoms with E-state index in [0.717, 1.165) is 96.8 Å². The Kier molecular flexibility index (Phi) is 42.2. The van der Waals surface area contributed by atoms with E-state index in [0.29, 0.717) is 24.7 Å². The molecule has 0 amide bonds. The van der Waals surface area contributed by atoms with Crippen LogP contribution >= 0.6 is 12.2 Å². The van der Waals surface area contributed by atoms with Crippen LogP contribution in [-0.2, 0) is 19.0 Å². The number of esters is 1. The van der Waals surface area contributed by atoms with Gasteiger partial charge in [0.05, 0.1) is 13.2 Å². The van der Waals surface area contributed by atoms with Gasteiger partial charge in [-0.3, -0.25) is 4.79 Å². The Morgan fingerprint density at radius 3 is 1.40 bits per heavy atom. The summed E-state index contributed by atoms with van der Waals surface area (Å²) in [5, 5.41) is 6.95. The Morgan fingerprint density at radius 2 is 0.927 bits per heavy atom. The molecule has 0 saturated heterocycles. The van der Waals surface area contributed by atoms with Crippen LogP contribution in [-0.4, -0.2) is 74.7 Å². The highest BCUT2D eigenvalue weighted by atomic mass is 32.1. The molecular weight excluding hydrogens is 707 g/mol. The van der Waals surface area contributed by atoms with E-state index in [2.05, 4.69) is 36.3 Å². The molecule has 0 aliphatic heterocycles. The summed E-state index contributed by atoms with van der Waals surface area (Å²) < 4.78 is 16.6. The normalized spacial score (nSPS) is 11.3. The monoisotopic (exact) mass is 798 g/mol. The molecular formula is C46H91N3O5S. The average Bonchev–Trinajstić information content (AvgIpc) is 3.18. The highest BCUT2D eigenvalue weighted by Crippen LogP contribution is 2.18. The quantitative estimate of drug-likeness (QED) is 0.0356. The molecule has 8 nitrogen and oxygen atoms in total. The minimum Gasteiger partial charge on any atom is -0.462 e. The third kappa shape index (κ3) is 40.4. The van der Waals surface area contributed by atoms with E-state index in [-0.39, 0.29) is 12.1 Å². The Morgan fingerprint density at radius 1 is 0.527 bits per heavy atom. The van der Waals surface area contributed by atoms with E-state index in [4.69, 9.17) is 26.4 Å². The molecule has 0 aromatic carbocycles. The van der Waals surface area contributed by atoms with Gasteiger partial charge in [-0.05, 0) is 96.1 Å². The Labute approximate surface area is 346 Å². The average molecular weight is 798 g/mol. The van der Waals surface area contributed by atoms with Gasteiger partial charge in [-0.2, -0.15) is 0 Å². The fourth-order valence-electron chi connectivity index (χ4n) is 7.08. The summed E-state index contributed by atoms with van der Waals surface area (Å²) >= 11 is 5.24. The maximum absolute atomic E-state index is 12.8. The number of hydrogen-bond donors (Lipinski definition) is 2. The van der Waals surface area contributed by atoms with Crippen LogP contribution in [0.1, 0.15) is 226 Å². The van der Waals surface area contributed by atoms with Crippen molar-refractivity contribution in [3.05, 3.63) is 0 Å². The zero-order valence-corrected chi connectivity index (χ0v) is 37.7. The number of carbonyl (C=O) groups is 2. The van der Waals surface area contributed by atoms with Crippen molar-refractivity contribution < 1.29 is 23.8 Å². The molecule has 0 fully saturated rings. The van der Waals surface area contributed by atoms with Crippen molar-refractivity contribution in [2.75, 3.05) is 46.4 Å². The summed E-state index contributed by atoms with van der Waals surface area (Å²) in [4.78, 5) is 27.3. The predicted molar refractivity (Wildman–Crippen MR) is 238 cm³/mol. The maximum Gasteiger partial charge on any atom is 0.508 e. The summed E-state index contributed by atoms with van der Waals surface area (Å²) in [7, 11) is 1.85. The summed E-state index contributed by atoms with van der Waals surface area (Å²) in [6.45, 7) is 11.8. The van der Waals surface area contributed by atoms with E-state index in [1.54, 1.807) is 0 Å². The van der Waals surface area contributed by atoms with Gasteiger partial charge in [-0.1, -0.05) is 156 Å². The van der Waals surface area contributed by atoms with E-state index in [1.165, 1.54) is 128 Å². The number of ether oxygens (including phenoxy) is 3. The van der Waals surface area contributed by atoms with Gasteiger partial charge in [-0.25, -0.2) is 4.79 Å². The van der Waals surface area contributed by atoms with E-state index in [1.807, 2.05) is 7.05 Å². The van der Waals surface area contributed by atoms with Gasteiger partial charge in [-0.15, -0.1) is 0 Å². The Hall–Kier alpha value is -1.61. The van der Waals surface area contributed by atoms with Crippen molar-refractivity contribution in [3.8, 4) is 0 Å². The van der Waals surface area contributed by atoms with Gasteiger partial charge in [0.15, 0.2) is 5.11 Å². The van der Waals surface area contributed by atoms with Crippen LogP contribution in [0.25, 0.3) is 0 Å². The molecule has 0 radical (unpaired) electrons. The molecule has 0 atom stereocenters. The number of thiocarbonyl (C=S) groups is 1. The molecule has 2 N–H and O–H groups in total. The molecule has 0 bridgehead atoms. The lowest BCUT2D eigenvalue weighted by Gasteiger charge is -2.22.